The summed E-state index contributed by atoms with van der Waals surface area (Å²) in [6.45, 7) is 6.40. The zero-order chi connectivity index (χ0) is 10.8. The highest BCUT2D eigenvalue weighted by Gasteiger charge is 2.06. The molecule has 0 N–H and O–H groups in total. The minimum absolute atomic E-state index is 1.02. The summed E-state index contributed by atoms with van der Waals surface area (Å²) in [6, 6.07) is 6.52. The summed E-state index contributed by atoms with van der Waals surface area (Å²) in [5.41, 5.74) is 4.99. The number of hydrogen-bond acceptors (Lipinski definition) is 2. The van der Waals surface area contributed by atoms with Crippen LogP contribution < -0.4 is 0 Å². The van der Waals surface area contributed by atoms with Gasteiger partial charge in [-0.25, -0.2) is 4.98 Å². The van der Waals surface area contributed by atoms with Gasteiger partial charge in [-0.15, -0.1) is 11.3 Å². The fourth-order valence-corrected chi connectivity index (χ4v) is 2.35. The molecule has 1 aromatic carbocycles. The summed E-state index contributed by atoms with van der Waals surface area (Å²) in [7, 11) is 0. The number of thiazole rings is 1. The van der Waals surface area contributed by atoms with Crippen LogP contribution in [0.1, 0.15) is 23.1 Å². The lowest BCUT2D eigenvalue weighted by Crippen LogP contribution is -1.86. The van der Waals surface area contributed by atoms with Crippen molar-refractivity contribution in [1.29, 1.82) is 0 Å². The predicted octanol–water partition coefficient (Wildman–Crippen LogP) is 3.99. The highest BCUT2D eigenvalue weighted by Crippen LogP contribution is 2.26. The van der Waals surface area contributed by atoms with Crippen LogP contribution in [-0.2, 0) is 6.42 Å². The molecule has 0 spiro atoms. The number of nitrogens with zero attached hydrogens (tertiary/aromatic N) is 1. The minimum Gasteiger partial charge on any atom is -0.241 e. The number of rotatable bonds is 2. The standard InChI is InChI=1S/C13H15NS/c1-4-13-14-12(8-15-13)11-7-9(2)5-6-10(11)3/h5-8H,4H2,1-3H3. The van der Waals surface area contributed by atoms with Crippen LogP contribution in [0.15, 0.2) is 23.6 Å². The summed E-state index contributed by atoms with van der Waals surface area (Å²) in [6.07, 6.45) is 1.02. The van der Waals surface area contributed by atoms with Crippen LogP contribution in [0.25, 0.3) is 11.3 Å². The molecule has 2 heteroatoms. The van der Waals surface area contributed by atoms with Gasteiger partial charge >= 0.3 is 0 Å². The number of aryl methyl sites for hydroxylation is 3. The zero-order valence-electron chi connectivity index (χ0n) is 9.37. The van der Waals surface area contributed by atoms with Gasteiger partial charge in [0.2, 0.25) is 0 Å². The van der Waals surface area contributed by atoms with E-state index in [-0.39, 0.29) is 0 Å². The van der Waals surface area contributed by atoms with E-state index in [9.17, 15) is 0 Å². The first kappa shape index (κ1) is 10.4. The Morgan fingerprint density at radius 1 is 1.27 bits per heavy atom. The summed E-state index contributed by atoms with van der Waals surface area (Å²) in [5, 5.41) is 3.37. The average molecular weight is 217 g/mol. The Hall–Kier alpha value is -1.15. The first-order chi connectivity index (χ1) is 7.20. The fourth-order valence-electron chi connectivity index (χ4n) is 1.61. The van der Waals surface area contributed by atoms with Crippen molar-refractivity contribution in [2.45, 2.75) is 27.2 Å². The van der Waals surface area contributed by atoms with Crippen molar-refractivity contribution >= 4 is 11.3 Å². The van der Waals surface area contributed by atoms with Gasteiger partial charge in [-0.1, -0.05) is 24.6 Å². The smallest absolute Gasteiger partial charge is 0.0929 e. The molecule has 1 heterocycles. The Balaban J connectivity index is 2.48. The molecule has 2 rings (SSSR count). The van der Waals surface area contributed by atoms with Gasteiger partial charge in [0.25, 0.3) is 0 Å². The second-order valence-corrected chi connectivity index (χ2v) is 4.74. The molecule has 0 saturated carbocycles. The molecule has 0 aliphatic carbocycles. The van der Waals surface area contributed by atoms with Crippen molar-refractivity contribution in [3.8, 4) is 11.3 Å². The van der Waals surface area contributed by atoms with Crippen LogP contribution in [0, 0.1) is 13.8 Å². The van der Waals surface area contributed by atoms with E-state index in [0.29, 0.717) is 0 Å². The van der Waals surface area contributed by atoms with Gasteiger partial charge in [0.05, 0.1) is 10.7 Å². The summed E-state index contributed by atoms with van der Waals surface area (Å²) < 4.78 is 0. The lowest BCUT2D eigenvalue weighted by atomic mass is 10.0. The van der Waals surface area contributed by atoms with Crippen LogP contribution in [0.3, 0.4) is 0 Å². The van der Waals surface area contributed by atoms with Gasteiger partial charge in [-0.3, -0.25) is 0 Å². The van der Waals surface area contributed by atoms with E-state index < -0.39 is 0 Å². The first-order valence-electron chi connectivity index (χ1n) is 5.22. The second-order valence-electron chi connectivity index (χ2n) is 3.80. The quantitative estimate of drug-likeness (QED) is 0.741. The van der Waals surface area contributed by atoms with Crippen molar-refractivity contribution in [2.24, 2.45) is 0 Å². The molecule has 0 saturated heterocycles. The lowest BCUT2D eigenvalue weighted by Gasteiger charge is -2.03. The Morgan fingerprint density at radius 3 is 2.73 bits per heavy atom. The molecule has 0 radical (unpaired) electrons. The minimum atomic E-state index is 1.02. The molecule has 0 aliphatic heterocycles. The van der Waals surface area contributed by atoms with E-state index in [0.717, 1.165) is 12.1 Å². The fraction of sp³-hybridized carbons (Fsp3) is 0.308. The third-order valence-electron chi connectivity index (χ3n) is 2.52. The first-order valence-corrected chi connectivity index (χ1v) is 6.10. The third kappa shape index (κ3) is 2.10. The van der Waals surface area contributed by atoms with E-state index in [1.54, 1.807) is 11.3 Å². The summed E-state index contributed by atoms with van der Waals surface area (Å²) in [5.74, 6) is 0. The van der Waals surface area contributed by atoms with Gasteiger partial charge in [0.15, 0.2) is 0 Å². The third-order valence-corrected chi connectivity index (χ3v) is 3.52. The van der Waals surface area contributed by atoms with Crippen LogP contribution in [0.4, 0.5) is 0 Å². The van der Waals surface area contributed by atoms with E-state index in [4.69, 9.17) is 0 Å². The average Bonchev–Trinajstić information content (AvgIpc) is 2.70. The van der Waals surface area contributed by atoms with Gasteiger partial charge in [-0.2, -0.15) is 0 Å². The summed E-state index contributed by atoms with van der Waals surface area (Å²) in [4.78, 5) is 4.62. The zero-order valence-corrected chi connectivity index (χ0v) is 10.2. The topological polar surface area (TPSA) is 12.9 Å². The highest BCUT2D eigenvalue weighted by atomic mass is 32.1. The van der Waals surface area contributed by atoms with Crippen molar-refractivity contribution in [2.75, 3.05) is 0 Å². The molecule has 0 fully saturated rings. The molecule has 0 aliphatic rings. The van der Waals surface area contributed by atoms with Gasteiger partial charge in [-0.05, 0) is 31.9 Å². The van der Waals surface area contributed by atoms with E-state index in [2.05, 4.69) is 49.3 Å². The monoisotopic (exact) mass is 217 g/mol. The van der Waals surface area contributed by atoms with Crippen LogP contribution in [0.5, 0.6) is 0 Å². The summed E-state index contributed by atoms with van der Waals surface area (Å²) >= 11 is 1.75. The number of hydrogen-bond donors (Lipinski definition) is 0. The Bertz CT molecular complexity index is 471. The SMILES string of the molecule is CCc1nc(-c2cc(C)ccc2C)cs1. The Morgan fingerprint density at radius 2 is 2.07 bits per heavy atom. The predicted molar refractivity (Wildman–Crippen MR) is 66.4 cm³/mol. The maximum absolute atomic E-state index is 4.62. The van der Waals surface area contributed by atoms with Gasteiger partial charge in [0, 0.05) is 10.9 Å². The molecule has 1 nitrogen and oxygen atoms in total. The van der Waals surface area contributed by atoms with Crippen molar-refractivity contribution < 1.29 is 0 Å². The second kappa shape index (κ2) is 4.15. The van der Waals surface area contributed by atoms with Gasteiger partial charge < -0.3 is 0 Å². The molecular weight excluding hydrogens is 202 g/mol. The van der Waals surface area contributed by atoms with E-state index in [1.165, 1.54) is 21.7 Å². The van der Waals surface area contributed by atoms with Crippen molar-refractivity contribution in [1.82, 2.24) is 4.98 Å². The molecule has 0 atom stereocenters. The van der Waals surface area contributed by atoms with Crippen molar-refractivity contribution in [3.05, 3.63) is 39.7 Å². The molecule has 0 bridgehead atoms. The molecule has 0 unspecified atom stereocenters. The molecule has 2 aromatic rings. The Labute approximate surface area is 94.8 Å². The highest BCUT2D eigenvalue weighted by molar-refractivity contribution is 7.09. The number of aromatic nitrogens is 1. The van der Waals surface area contributed by atoms with Crippen molar-refractivity contribution in [3.63, 3.8) is 0 Å². The molecule has 1 aromatic heterocycles. The maximum Gasteiger partial charge on any atom is 0.0929 e. The molecule has 0 amide bonds. The van der Waals surface area contributed by atoms with Crippen LogP contribution in [0.2, 0.25) is 0 Å². The maximum atomic E-state index is 4.62. The Kier molecular flexibility index (Phi) is 2.87. The molecule has 15 heavy (non-hydrogen) atoms. The van der Waals surface area contributed by atoms with E-state index >= 15 is 0 Å². The lowest BCUT2D eigenvalue weighted by molar-refractivity contribution is 1.09. The normalized spacial score (nSPS) is 10.6. The van der Waals surface area contributed by atoms with Gasteiger partial charge in [0.1, 0.15) is 0 Å². The van der Waals surface area contributed by atoms with Crippen LogP contribution >= 0.6 is 11.3 Å². The largest absolute Gasteiger partial charge is 0.241 e. The number of benzene rings is 1. The van der Waals surface area contributed by atoms with Crippen LogP contribution in [-0.4, -0.2) is 4.98 Å². The molecular formula is C13H15NS. The van der Waals surface area contributed by atoms with E-state index in [1.807, 2.05) is 0 Å². The molecule has 78 valence electrons.